The number of hydrogen-bond donors (Lipinski definition) is 0. The van der Waals surface area contributed by atoms with Crippen molar-refractivity contribution < 1.29 is 4.79 Å². The Kier molecular flexibility index (Phi) is 7.12. The molecule has 0 radical (unpaired) electrons. The number of carbonyl (C=O) groups is 1. The van der Waals surface area contributed by atoms with E-state index in [2.05, 4.69) is 13.8 Å². The van der Waals surface area contributed by atoms with Crippen LogP contribution in [0.5, 0.6) is 0 Å². The zero-order valence-corrected chi connectivity index (χ0v) is 8.73. The van der Waals surface area contributed by atoms with Crippen molar-refractivity contribution in [1.82, 2.24) is 0 Å². The lowest BCUT2D eigenvalue weighted by Gasteiger charge is -2.03. The van der Waals surface area contributed by atoms with E-state index in [0.29, 0.717) is 5.78 Å². The number of carbonyl (C=O) groups excluding carboxylic acids is 1. The van der Waals surface area contributed by atoms with Gasteiger partial charge in [0.05, 0.1) is 0 Å². The zero-order chi connectivity index (χ0) is 9.40. The molecule has 1 heteroatoms. The molecule has 72 valence electrons. The van der Waals surface area contributed by atoms with Crippen LogP contribution in [-0.2, 0) is 4.79 Å². The van der Waals surface area contributed by atoms with E-state index in [1.54, 1.807) is 6.92 Å². The Labute approximate surface area is 76.6 Å². The lowest BCUT2D eigenvalue weighted by Crippen LogP contribution is -1.90. The van der Waals surface area contributed by atoms with Gasteiger partial charge in [-0.2, -0.15) is 0 Å². The standard InChI is InChI=1S/C11H22O/c1-10(2)8-6-4-5-7-9-11(3)12/h10H,4-9H2,1-3H3. The molecule has 0 unspecified atom stereocenters. The van der Waals surface area contributed by atoms with Crippen LogP contribution < -0.4 is 0 Å². The van der Waals surface area contributed by atoms with Gasteiger partial charge >= 0.3 is 0 Å². The molecule has 0 aliphatic rings. The topological polar surface area (TPSA) is 17.1 Å². The molecular formula is C11H22O. The van der Waals surface area contributed by atoms with Crippen molar-refractivity contribution >= 4 is 5.78 Å². The predicted molar refractivity (Wildman–Crippen MR) is 53.2 cm³/mol. The molecule has 0 saturated heterocycles. The number of ketones is 1. The summed E-state index contributed by atoms with van der Waals surface area (Å²) in [4.78, 5) is 10.6. The third kappa shape index (κ3) is 9.67. The molecular weight excluding hydrogens is 148 g/mol. The summed E-state index contributed by atoms with van der Waals surface area (Å²) in [5.74, 6) is 1.16. The molecule has 0 bridgehead atoms. The van der Waals surface area contributed by atoms with Crippen LogP contribution in [0.25, 0.3) is 0 Å². The summed E-state index contributed by atoms with van der Waals surface area (Å²) in [5, 5.41) is 0. The lowest BCUT2D eigenvalue weighted by molar-refractivity contribution is -0.117. The van der Waals surface area contributed by atoms with Gasteiger partial charge < -0.3 is 4.79 Å². The van der Waals surface area contributed by atoms with E-state index in [-0.39, 0.29) is 0 Å². The van der Waals surface area contributed by atoms with Crippen LogP contribution >= 0.6 is 0 Å². The molecule has 0 amide bonds. The molecule has 0 rings (SSSR count). The normalized spacial score (nSPS) is 10.7. The van der Waals surface area contributed by atoms with Crippen molar-refractivity contribution in [3.05, 3.63) is 0 Å². The van der Waals surface area contributed by atoms with Crippen LogP contribution in [0, 0.1) is 5.92 Å². The van der Waals surface area contributed by atoms with Crippen molar-refractivity contribution in [2.75, 3.05) is 0 Å². The van der Waals surface area contributed by atoms with Crippen LogP contribution in [0.15, 0.2) is 0 Å². The van der Waals surface area contributed by atoms with Crippen molar-refractivity contribution in [2.45, 2.75) is 59.3 Å². The molecule has 0 saturated carbocycles. The fourth-order valence-corrected chi connectivity index (χ4v) is 1.28. The highest BCUT2D eigenvalue weighted by Gasteiger charge is 1.95. The van der Waals surface area contributed by atoms with Crippen molar-refractivity contribution in [2.24, 2.45) is 5.92 Å². The highest BCUT2D eigenvalue weighted by Crippen LogP contribution is 2.10. The Morgan fingerprint density at radius 1 is 1.08 bits per heavy atom. The quantitative estimate of drug-likeness (QED) is 0.534. The van der Waals surface area contributed by atoms with Gasteiger partial charge in [-0.1, -0.05) is 39.5 Å². The SMILES string of the molecule is CC(=O)CCCCCCC(C)C. The summed E-state index contributed by atoms with van der Waals surface area (Å²) in [6.45, 7) is 6.19. The molecule has 12 heavy (non-hydrogen) atoms. The molecule has 0 aromatic heterocycles. The van der Waals surface area contributed by atoms with Crippen LogP contribution in [-0.4, -0.2) is 5.78 Å². The van der Waals surface area contributed by atoms with Gasteiger partial charge in [-0.3, -0.25) is 0 Å². The number of rotatable bonds is 7. The van der Waals surface area contributed by atoms with Crippen LogP contribution in [0.4, 0.5) is 0 Å². The average molecular weight is 170 g/mol. The van der Waals surface area contributed by atoms with E-state index in [0.717, 1.165) is 18.8 Å². The second-order valence-corrected chi connectivity index (χ2v) is 4.05. The van der Waals surface area contributed by atoms with E-state index in [9.17, 15) is 4.79 Å². The molecule has 0 spiro atoms. The Hall–Kier alpha value is -0.330. The predicted octanol–water partition coefficient (Wildman–Crippen LogP) is 3.57. The molecule has 0 atom stereocenters. The third-order valence-electron chi connectivity index (χ3n) is 2.06. The van der Waals surface area contributed by atoms with E-state index in [4.69, 9.17) is 0 Å². The van der Waals surface area contributed by atoms with E-state index < -0.39 is 0 Å². The molecule has 0 heterocycles. The van der Waals surface area contributed by atoms with Crippen LogP contribution in [0.3, 0.4) is 0 Å². The molecule has 0 aromatic rings. The first-order valence-corrected chi connectivity index (χ1v) is 5.12. The second-order valence-electron chi connectivity index (χ2n) is 4.05. The van der Waals surface area contributed by atoms with Crippen molar-refractivity contribution in [3.8, 4) is 0 Å². The Morgan fingerprint density at radius 2 is 1.67 bits per heavy atom. The summed E-state index contributed by atoms with van der Waals surface area (Å²) >= 11 is 0. The minimum Gasteiger partial charge on any atom is -0.300 e. The maximum absolute atomic E-state index is 10.6. The van der Waals surface area contributed by atoms with Gasteiger partial charge in [0.25, 0.3) is 0 Å². The van der Waals surface area contributed by atoms with Gasteiger partial charge in [0.1, 0.15) is 5.78 Å². The minimum atomic E-state index is 0.332. The summed E-state index contributed by atoms with van der Waals surface area (Å²) < 4.78 is 0. The highest BCUT2D eigenvalue weighted by atomic mass is 16.1. The first-order chi connectivity index (χ1) is 5.63. The first kappa shape index (κ1) is 11.7. The lowest BCUT2D eigenvalue weighted by atomic mass is 10.0. The van der Waals surface area contributed by atoms with Crippen LogP contribution in [0.1, 0.15) is 59.3 Å². The van der Waals surface area contributed by atoms with Gasteiger partial charge in [-0.15, -0.1) is 0 Å². The summed E-state index contributed by atoms with van der Waals surface area (Å²) in [6.07, 6.45) is 7.06. The Morgan fingerprint density at radius 3 is 2.17 bits per heavy atom. The number of Topliss-reactive ketones (excluding diaryl/α,β-unsaturated/α-hetero) is 1. The fraction of sp³-hybridized carbons (Fsp3) is 0.909. The van der Waals surface area contributed by atoms with Crippen molar-refractivity contribution in [1.29, 1.82) is 0 Å². The third-order valence-corrected chi connectivity index (χ3v) is 2.06. The number of hydrogen-bond acceptors (Lipinski definition) is 1. The maximum atomic E-state index is 10.6. The molecule has 0 aliphatic carbocycles. The zero-order valence-electron chi connectivity index (χ0n) is 8.73. The molecule has 0 fully saturated rings. The first-order valence-electron chi connectivity index (χ1n) is 5.12. The van der Waals surface area contributed by atoms with Gasteiger partial charge in [0.15, 0.2) is 0 Å². The summed E-state index contributed by atoms with van der Waals surface area (Å²) in [7, 11) is 0. The summed E-state index contributed by atoms with van der Waals surface area (Å²) in [5.41, 5.74) is 0. The van der Waals surface area contributed by atoms with Gasteiger partial charge in [0.2, 0.25) is 0 Å². The highest BCUT2D eigenvalue weighted by molar-refractivity contribution is 5.75. The molecule has 0 aromatic carbocycles. The number of unbranched alkanes of at least 4 members (excludes halogenated alkanes) is 3. The van der Waals surface area contributed by atoms with Gasteiger partial charge in [-0.05, 0) is 19.3 Å². The minimum absolute atomic E-state index is 0.332. The van der Waals surface area contributed by atoms with E-state index in [1.165, 1.54) is 25.7 Å². The monoisotopic (exact) mass is 170 g/mol. The van der Waals surface area contributed by atoms with Crippen molar-refractivity contribution in [3.63, 3.8) is 0 Å². The Bertz CT molecular complexity index is 116. The molecule has 0 N–H and O–H groups in total. The second kappa shape index (κ2) is 7.33. The fourth-order valence-electron chi connectivity index (χ4n) is 1.28. The van der Waals surface area contributed by atoms with Crippen LogP contribution in [0.2, 0.25) is 0 Å². The Balaban J connectivity index is 2.96. The maximum Gasteiger partial charge on any atom is 0.129 e. The molecule has 0 aliphatic heterocycles. The van der Waals surface area contributed by atoms with Gasteiger partial charge in [-0.25, -0.2) is 0 Å². The summed E-state index contributed by atoms with van der Waals surface area (Å²) in [6, 6.07) is 0. The largest absolute Gasteiger partial charge is 0.300 e. The average Bonchev–Trinajstić information content (AvgIpc) is 1.95. The van der Waals surface area contributed by atoms with E-state index in [1.807, 2.05) is 0 Å². The van der Waals surface area contributed by atoms with E-state index >= 15 is 0 Å². The molecule has 1 nitrogen and oxygen atoms in total. The van der Waals surface area contributed by atoms with Gasteiger partial charge in [0, 0.05) is 6.42 Å². The smallest absolute Gasteiger partial charge is 0.129 e.